The molecule has 0 saturated heterocycles. The van der Waals surface area contributed by atoms with Crippen LogP contribution in [0.1, 0.15) is 6.42 Å². The van der Waals surface area contributed by atoms with E-state index in [-0.39, 0.29) is 20.5 Å². The van der Waals surface area contributed by atoms with Crippen LogP contribution in [0, 0.1) is 0 Å². The number of hydrogen-bond donors (Lipinski definition) is 1. The smallest absolute Gasteiger partial charge is 0.310 e. The summed E-state index contributed by atoms with van der Waals surface area (Å²) in [6.45, 7) is 0. The van der Waals surface area contributed by atoms with Crippen molar-refractivity contribution in [1.29, 1.82) is 0 Å². The number of hydrogen-bond acceptors (Lipinski definition) is 3. The van der Waals surface area contributed by atoms with Crippen LogP contribution in [-0.2, 0) is 9.32 Å². The van der Waals surface area contributed by atoms with Gasteiger partial charge in [0.25, 0.3) is 0 Å². The number of rotatable bonds is 5. The first kappa shape index (κ1) is 11.8. The molecule has 7 heteroatoms. The Balaban J connectivity index is 3.54. The monoisotopic (exact) mass is 211 g/mol. The Hall–Kier alpha value is 0.785. The van der Waals surface area contributed by atoms with E-state index >= 15 is 0 Å². The highest BCUT2D eigenvalue weighted by Gasteiger charge is 2.09. The van der Waals surface area contributed by atoms with Crippen LogP contribution in [-0.4, -0.2) is 19.9 Å². The highest BCUT2D eigenvalue weighted by Crippen LogP contribution is 2.22. The molecule has 0 amide bonds. The Kier molecular flexibility index (Phi) is 7.97. The van der Waals surface area contributed by atoms with Crippen molar-refractivity contribution in [3.63, 3.8) is 0 Å². The SMILES string of the molecule is BC[C@H](CC(=O)OPP)NP. The second-order valence-electron chi connectivity index (χ2n) is 2.07. The Morgan fingerprint density at radius 2 is 2.45 bits per heavy atom. The highest BCUT2D eigenvalue weighted by molar-refractivity contribution is 8.00. The van der Waals surface area contributed by atoms with Crippen LogP contribution < -0.4 is 5.09 Å². The molecule has 0 spiro atoms. The maximum atomic E-state index is 10.9. The topological polar surface area (TPSA) is 38.3 Å². The summed E-state index contributed by atoms with van der Waals surface area (Å²) >= 11 is 0. The van der Waals surface area contributed by atoms with Crippen molar-refractivity contribution < 1.29 is 9.32 Å². The molecule has 0 aliphatic carbocycles. The number of carbonyl (C=O) groups is 1. The summed E-state index contributed by atoms with van der Waals surface area (Å²) in [6, 6.07) is 0.217. The van der Waals surface area contributed by atoms with Gasteiger partial charge in [-0.15, -0.1) is 0 Å². The van der Waals surface area contributed by atoms with Gasteiger partial charge in [-0.3, -0.25) is 9.88 Å². The van der Waals surface area contributed by atoms with E-state index in [1.807, 2.05) is 7.85 Å². The van der Waals surface area contributed by atoms with Gasteiger partial charge < -0.3 is 4.52 Å². The van der Waals surface area contributed by atoms with Gasteiger partial charge in [0.05, 0.1) is 14.9 Å². The molecule has 0 aliphatic rings. The predicted octanol–water partition coefficient (Wildman–Crippen LogP) is 0.103. The molecule has 0 rings (SSSR count). The number of carbonyl (C=O) groups excluding carboxylic acids is 1. The highest BCUT2D eigenvalue weighted by atomic mass is 32.0. The molecule has 0 radical (unpaired) electrons. The fourth-order valence-corrected chi connectivity index (χ4v) is 1.59. The van der Waals surface area contributed by atoms with Crippen molar-refractivity contribution in [3.8, 4) is 0 Å². The van der Waals surface area contributed by atoms with Crippen LogP contribution in [0.5, 0.6) is 0 Å². The second kappa shape index (κ2) is 7.43. The molecular formula is C4H13BNO2P3. The van der Waals surface area contributed by atoms with Crippen molar-refractivity contribution >= 4 is 40.6 Å². The summed E-state index contributed by atoms with van der Waals surface area (Å²) in [6.07, 6.45) is 1.37. The molecule has 0 aliphatic heterocycles. The van der Waals surface area contributed by atoms with E-state index in [1.54, 1.807) is 0 Å². The second-order valence-corrected chi connectivity index (χ2v) is 3.55. The van der Waals surface area contributed by atoms with Crippen LogP contribution in [0.3, 0.4) is 0 Å². The third-order valence-electron chi connectivity index (χ3n) is 1.31. The van der Waals surface area contributed by atoms with Gasteiger partial charge in [0.1, 0.15) is 7.85 Å². The van der Waals surface area contributed by atoms with Crippen LogP contribution in [0.15, 0.2) is 0 Å². The lowest BCUT2D eigenvalue weighted by Crippen LogP contribution is -2.23. The normalized spacial score (nSPS) is 13.6. The average Bonchev–Trinajstić information content (AvgIpc) is 2.01. The summed E-state index contributed by atoms with van der Waals surface area (Å²) in [5.74, 6) is -0.139. The third-order valence-corrected chi connectivity index (χ3v) is 2.48. The quantitative estimate of drug-likeness (QED) is 0.517. The molecule has 4 atom stereocenters. The van der Waals surface area contributed by atoms with Crippen molar-refractivity contribution in [2.45, 2.75) is 18.8 Å². The first-order valence-corrected chi connectivity index (χ1v) is 6.65. The summed E-state index contributed by atoms with van der Waals surface area (Å²) < 4.78 is 4.78. The first-order valence-electron chi connectivity index (χ1n) is 3.36. The Labute approximate surface area is 74.4 Å². The van der Waals surface area contributed by atoms with Gasteiger partial charge in [0.15, 0.2) is 0 Å². The zero-order chi connectivity index (χ0) is 8.69. The van der Waals surface area contributed by atoms with Crippen LogP contribution in [0.4, 0.5) is 0 Å². The van der Waals surface area contributed by atoms with E-state index in [4.69, 9.17) is 4.52 Å². The molecule has 0 aromatic heterocycles. The third kappa shape index (κ3) is 5.99. The fourth-order valence-electron chi connectivity index (χ4n) is 0.630. The summed E-state index contributed by atoms with van der Waals surface area (Å²) in [5.41, 5.74) is 0. The first-order chi connectivity index (χ1) is 5.24. The minimum absolute atomic E-state index is 0.139. The van der Waals surface area contributed by atoms with Crippen LogP contribution >= 0.6 is 26.8 Å². The lowest BCUT2D eigenvalue weighted by atomic mass is 9.96. The van der Waals surface area contributed by atoms with E-state index in [0.717, 1.165) is 6.32 Å². The predicted molar refractivity (Wildman–Crippen MR) is 58.7 cm³/mol. The van der Waals surface area contributed by atoms with E-state index in [9.17, 15) is 4.79 Å². The molecule has 11 heavy (non-hydrogen) atoms. The van der Waals surface area contributed by atoms with Gasteiger partial charge in [0, 0.05) is 6.04 Å². The molecule has 1 N–H and O–H groups in total. The largest absolute Gasteiger partial charge is 0.444 e. The van der Waals surface area contributed by atoms with Gasteiger partial charge in [-0.05, 0) is 0 Å². The molecule has 0 saturated carbocycles. The van der Waals surface area contributed by atoms with Crippen LogP contribution in [0.2, 0.25) is 6.32 Å². The Morgan fingerprint density at radius 3 is 2.82 bits per heavy atom. The van der Waals surface area contributed by atoms with Gasteiger partial charge in [-0.25, -0.2) is 0 Å². The maximum Gasteiger partial charge on any atom is 0.310 e. The van der Waals surface area contributed by atoms with Gasteiger partial charge in [0.2, 0.25) is 0 Å². The minimum atomic E-state index is -0.139. The Bertz CT molecular complexity index is 122. The summed E-state index contributed by atoms with van der Waals surface area (Å²) in [5, 5.41) is 2.95. The van der Waals surface area contributed by atoms with Crippen molar-refractivity contribution in [2.24, 2.45) is 0 Å². The van der Waals surface area contributed by atoms with E-state index < -0.39 is 0 Å². The van der Waals surface area contributed by atoms with E-state index in [1.165, 1.54) is 0 Å². The average molecular weight is 211 g/mol. The molecular weight excluding hydrogens is 198 g/mol. The van der Waals surface area contributed by atoms with Crippen molar-refractivity contribution in [1.82, 2.24) is 5.09 Å². The molecule has 0 bridgehead atoms. The van der Waals surface area contributed by atoms with Crippen LogP contribution in [0.25, 0.3) is 0 Å². The lowest BCUT2D eigenvalue weighted by Gasteiger charge is -2.11. The molecule has 0 fully saturated rings. The van der Waals surface area contributed by atoms with Gasteiger partial charge in [-0.2, -0.15) is 0 Å². The summed E-state index contributed by atoms with van der Waals surface area (Å²) in [7, 11) is 6.98. The summed E-state index contributed by atoms with van der Waals surface area (Å²) in [4.78, 5) is 10.9. The van der Waals surface area contributed by atoms with Crippen molar-refractivity contribution in [3.05, 3.63) is 0 Å². The zero-order valence-corrected chi connectivity index (χ0v) is 9.77. The number of nitrogens with one attached hydrogen (secondary N) is 1. The fraction of sp³-hybridized carbons (Fsp3) is 0.750. The molecule has 3 unspecified atom stereocenters. The molecule has 0 aromatic carbocycles. The van der Waals surface area contributed by atoms with Gasteiger partial charge in [-0.1, -0.05) is 24.6 Å². The zero-order valence-electron chi connectivity index (χ0n) is 6.46. The molecule has 0 aromatic rings. The molecule has 64 valence electrons. The molecule has 3 nitrogen and oxygen atoms in total. The lowest BCUT2D eigenvalue weighted by molar-refractivity contribution is -0.133. The standard InChI is InChI=1S/C4H13BNO2P3/c5-2-3(6-9)1-4(7)8-11-10/h3,6,11H,1-2,5,9-10H2/t3-/m0/s1. The Morgan fingerprint density at radius 1 is 1.82 bits per heavy atom. The maximum absolute atomic E-state index is 10.9. The van der Waals surface area contributed by atoms with E-state index in [0.29, 0.717) is 6.42 Å². The van der Waals surface area contributed by atoms with Crippen molar-refractivity contribution in [2.75, 3.05) is 0 Å². The molecule has 0 heterocycles. The minimum Gasteiger partial charge on any atom is -0.444 e. The van der Waals surface area contributed by atoms with Gasteiger partial charge >= 0.3 is 5.97 Å². The van der Waals surface area contributed by atoms with E-state index in [2.05, 4.69) is 23.4 Å².